The third-order valence-electron chi connectivity index (χ3n) is 5.72. The minimum absolute atomic E-state index is 0.103. The average molecular weight is 487 g/mol. The van der Waals surface area contributed by atoms with Crippen molar-refractivity contribution in [2.75, 3.05) is 31.3 Å². The van der Waals surface area contributed by atoms with Crippen LogP contribution in [0, 0.1) is 0 Å². The summed E-state index contributed by atoms with van der Waals surface area (Å²) < 4.78 is 27.7. The number of fused-ring (bicyclic) bond motifs is 2. The molecule has 1 amide bonds. The highest BCUT2D eigenvalue weighted by Gasteiger charge is 2.26. The Morgan fingerprint density at radius 1 is 1.18 bits per heavy atom. The Balaban J connectivity index is 1.58. The summed E-state index contributed by atoms with van der Waals surface area (Å²) in [7, 11) is -0.542. The highest BCUT2D eigenvalue weighted by Crippen LogP contribution is 2.31. The number of benzene rings is 2. The summed E-state index contributed by atoms with van der Waals surface area (Å²) in [4.78, 5) is 32.5. The Hall–Kier alpha value is -2.69. The number of hydrogen-bond donors (Lipinski definition) is 0. The molecule has 3 aromatic rings. The topological polar surface area (TPSA) is 92.6 Å². The number of para-hydroxylation sites is 1. The lowest BCUT2D eigenvalue weighted by Gasteiger charge is -2.30. The van der Waals surface area contributed by atoms with Gasteiger partial charge in [-0.3, -0.25) is 14.2 Å². The van der Waals surface area contributed by atoms with Gasteiger partial charge in [-0.25, -0.2) is 17.7 Å². The summed E-state index contributed by atoms with van der Waals surface area (Å²) in [5.41, 5.74) is 2.08. The van der Waals surface area contributed by atoms with E-state index in [1.54, 1.807) is 39.8 Å². The molecule has 1 aliphatic rings. The zero-order valence-corrected chi connectivity index (χ0v) is 20.4. The van der Waals surface area contributed by atoms with Crippen LogP contribution in [0.4, 0.5) is 5.69 Å². The van der Waals surface area contributed by atoms with Gasteiger partial charge < -0.3 is 4.90 Å². The van der Waals surface area contributed by atoms with Crippen molar-refractivity contribution in [3.8, 4) is 0 Å². The third kappa shape index (κ3) is 4.42. The first-order valence-electron chi connectivity index (χ1n) is 10.7. The summed E-state index contributed by atoms with van der Waals surface area (Å²) in [5.74, 6) is 0.0244. The van der Waals surface area contributed by atoms with Gasteiger partial charge in [0.2, 0.25) is 15.9 Å². The van der Waals surface area contributed by atoms with E-state index in [4.69, 9.17) is 0 Å². The van der Waals surface area contributed by atoms with Crippen LogP contribution in [0.3, 0.4) is 0 Å². The molecule has 1 aromatic heterocycles. The molecular weight excluding hydrogens is 460 g/mol. The molecule has 8 nitrogen and oxygen atoms in total. The lowest BCUT2D eigenvalue weighted by molar-refractivity contribution is -0.116. The molecule has 33 heavy (non-hydrogen) atoms. The minimum Gasteiger partial charge on any atom is -0.311 e. The van der Waals surface area contributed by atoms with Crippen LogP contribution in [-0.4, -0.2) is 54.6 Å². The lowest BCUT2D eigenvalue weighted by Crippen LogP contribution is -2.37. The molecule has 174 valence electrons. The van der Waals surface area contributed by atoms with E-state index < -0.39 is 10.0 Å². The van der Waals surface area contributed by atoms with E-state index in [-0.39, 0.29) is 22.1 Å². The van der Waals surface area contributed by atoms with Crippen LogP contribution >= 0.6 is 11.8 Å². The van der Waals surface area contributed by atoms with Crippen LogP contribution < -0.4 is 10.5 Å². The smallest absolute Gasteiger partial charge is 0.262 e. The Bertz CT molecular complexity index is 1380. The maximum absolute atomic E-state index is 13.1. The first-order valence-corrected chi connectivity index (χ1v) is 13.1. The number of amides is 1. The molecule has 0 atom stereocenters. The van der Waals surface area contributed by atoms with E-state index in [2.05, 4.69) is 4.98 Å². The highest BCUT2D eigenvalue weighted by atomic mass is 32.2. The molecular formula is C23H26N4O4S2. The second kappa shape index (κ2) is 9.28. The fourth-order valence-corrected chi connectivity index (χ4v) is 5.84. The summed E-state index contributed by atoms with van der Waals surface area (Å²) in [6.07, 6.45) is 1.47. The van der Waals surface area contributed by atoms with Crippen molar-refractivity contribution in [3.63, 3.8) is 0 Å². The Kier molecular flexibility index (Phi) is 6.60. The number of sulfonamides is 1. The maximum Gasteiger partial charge on any atom is 0.262 e. The lowest BCUT2D eigenvalue weighted by atomic mass is 10.0. The van der Waals surface area contributed by atoms with Gasteiger partial charge in [0, 0.05) is 32.9 Å². The van der Waals surface area contributed by atoms with E-state index in [0.29, 0.717) is 35.6 Å². The van der Waals surface area contributed by atoms with E-state index >= 15 is 0 Å². The second-order valence-corrected chi connectivity index (χ2v) is 11.1. The number of aryl methyl sites for hydroxylation is 1. The molecule has 1 aliphatic heterocycles. The Labute approximate surface area is 197 Å². The Morgan fingerprint density at radius 3 is 2.67 bits per heavy atom. The van der Waals surface area contributed by atoms with Gasteiger partial charge in [-0.15, -0.1) is 0 Å². The van der Waals surface area contributed by atoms with E-state index in [9.17, 15) is 18.0 Å². The molecule has 4 rings (SSSR count). The molecule has 2 aromatic carbocycles. The standard InChI is InChI=1S/C23H26N4O4S2/c1-4-26-22(29)18-9-5-6-10-19(18)24-23(26)32-15-21(28)27-13-7-8-16-14-17(11-12-20(16)27)33(30,31)25(2)3/h5-6,9-12,14H,4,7-8,13,15H2,1-3H3. The average Bonchev–Trinajstić information content (AvgIpc) is 2.81. The van der Waals surface area contributed by atoms with Crippen LogP contribution in [0.15, 0.2) is 57.3 Å². The summed E-state index contributed by atoms with van der Waals surface area (Å²) in [6, 6.07) is 12.1. The van der Waals surface area contributed by atoms with Gasteiger partial charge >= 0.3 is 0 Å². The molecule has 0 radical (unpaired) electrons. The first kappa shape index (κ1) is 23.5. The van der Waals surface area contributed by atoms with Crippen molar-refractivity contribution in [3.05, 3.63) is 58.4 Å². The number of aromatic nitrogens is 2. The number of nitrogens with zero attached hydrogens (tertiary/aromatic N) is 4. The van der Waals surface area contributed by atoms with E-state index in [1.165, 1.54) is 30.2 Å². The fraction of sp³-hybridized carbons (Fsp3) is 0.348. The maximum atomic E-state index is 13.1. The molecule has 0 N–H and O–H groups in total. The van der Waals surface area contributed by atoms with Crippen LogP contribution in [0.1, 0.15) is 18.9 Å². The molecule has 0 unspecified atom stereocenters. The normalized spacial score (nSPS) is 14.0. The van der Waals surface area contributed by atoms with Gasteiger partial charge in [0.15, 0.2) is 5.16 Å². The molecule has 0 fully saturated rings. The van der Waals surface area contributed by atoms with Gasteiger partial charge in [-0.2, -0.15) is 0 Å². The van der Waals surface area contributed by atoms with Crippen LogP contribution in [-0.2, 0) is 27.8 Å². The zero-order chi connectivity index (χ0) is 23.8. The monoisotopic (exact) mass is 486 g/mol. The van der Waals surface area contributed by atoms with Gasteiger partial charge in [0.1, 0.15) is 0 Å². The van der Waals surface area contributed by atoms with Crippen molar-refractivity contribution in [1.29, 1.82) is 0 Å². The number of carbonyl (C=O) groups excluding carboxylic acids is 1. The predicted octanol–water partition coefficient (Wildman–Crippen LogP) is 2.74. The van der Waals surface area contributed by atoms with Crippen molar-refractivity contribution in [2.45, 2.75) is 36.4 Å². The minimum atomic E-state index is -3.54. The van der Waals surface area contributed by atoms with E-state index in [0.717, 1.165) is 17.7 Å². The molecule has 2 heterocycles. The van der Waals surface area contributed by atoms with Crippen molar-refractivity contribution in [1.82, 2.24) is 13.9 Å². The molecule has 0 saturated carbocycles. The van der Waals surface area contributed by atoms with Gasteiger partial charge in [-0.05, 0) is 55.7 Å². The second-order valence-electron chi connectivity index (χ2n) is 7.98. The quantitative estimate of drug-likeness (QED) is 0.393. The summed E-state index contributed by atoms with van der Waals surface area (Å²) in [5, 5.41) is 1.07. The van der Waals surface area contributed by atoms with Crippen LogP contribution in [0.25, 0.3) is 10.9 Å². The first-order chi connectivity index (χ1) is 15.7. The summed E-state index contributed by atoms with van der Waals surface area (Å²) >= 11 is 1.25. The molecule has 0 aliphatic carbocycles. The van der Waals surface area contributed by atoms with Gasteiger partial charge in [0.25, 0.3) is 5.56 Å². The SMILES string of the molecule is CCn1c(SCC(=O)N2CCCc3cc(S(=O)(=O)N(C)C)ccc32)nc2ccccc2c1=O. The number of carbonyl (C=O) groups is 1. The zero-order valence-electron chi connectivity index (χ0n) is 18.8. The molecule has 10 heteroatoms. The van der Waals surface area contributed by atoms with E-state index in [1.807, 2.05) is 19.1 Å². The molecule has 0 spiro atoms. The van der Waals surface area contributed by atoms with Crippen molar-refractivity contribution < 1.29 is 13.2 Å². The molecule has 0 bridgehead atoms. The highest BCUT2D eigenvalue weighted by molar-refractivity contribution is 7.99. The number of thioether (sulfide) groups is 1. The Morgan fingerprint density at radius 2 is 1.94 bits per heavy atom. The van der Waals surface area contributed by atoms with Crippen LogP contribution in [0.5, 0.6) is 0 Å². The van der Waals surface area contributed by atoms with Gasteiger partial charge in [0.05, 0.1) is 21.6 Å². The number of anilines is 1. The fourth-order valence-electron chi connectivity index (χ4n) is 3.94. The van der Waals surface area contributed by atoms with Crippen molar-refractivity contribution >= 4 is 44.3 Å². The number of hydrogen-bond acceptors (Lipinski definition) is 6. The van der Waals surface area contributed by atoms with Crippen molar-refractivity contribution in [2.24, 2.45) is 0 Å². The predicted molar refractivity (Wildman–Crippen MR) is 130 cm³/mol. The third-order valence-corrected chi connectivity index (χ3v) is 8.49. The molecule has 0 saturated heterocycles. The summed E-state index contributed by atoms with van der Waals surface area (Å²) in [6.45, 7) is 2.91. The van der Waals surface area contributed by atoms with Crippen LogP contribution in [0.2, 0.25) is 0 Å². The number of rotatable bonds is 6. The largest absolute Gasteiger partial charge is 0.311 e. The van der Waals surface area contributed by atoms with Gasteiger partial charge in [-0.1, -0.05) is 23.9 Å².